The Morgan fingerprint density at radius 3 is 2.79 bits per heavy atom. The molecule has 2 nitrogen and oxygen atoms in total. The molecule has 0 aromatic heterocycles. The monoisotopic (exact) mass is 256 g/mol. The molecular formula is C16H17FN2. The maximum absolute atomic E-state index is 14.0. The van der Waals surface area contributed by atoms with Gasteiger partial charge in [-0.3, -0.25) is 11.3 Å². The van der Waals surface area contributed by atoms with Gasteiger partial charge in [0.25, 0.3) is 0 Å². The first-order valence-corrected chi connectivity index (χ1v) is 6.50. The lowest BCUT2D eigenvalue weighted by Gasteiger charge is -2.36. The summed E-state index contributed by atoms with van der Waals surface area (Å²) in [6, 6.07) is 13.3. The molecule has 3 heteroatoms. The van der Waals surface area contributed by atoms with Crippen molar-refractivity contribution in [2.75, 3.05) is 0 Å². The van der Waals surface area contributed by atoms with E-state index in [1.165, 1.54) is 17.2 Å². The van der Waals surface area contributed by atoms with Gasteiger partial charge < -0.3 is 0 Å². The van der Waals surface area contributed by atoms with Gasteiger partial charge in [-0.2, -0.15) is 0 Å². The molecule has 0 spiro atoms. The zero-order valence-corrected chi connectivity index (χ0v) is 10.9. The first-order chi connectivity index (χ1) is 9.20. The van der Waals surface area contributed by atoms with E-state index in [1.807, 2.05) is 25.1 Å². The van der Waals surface area contributed by atoms with E-state index in [2.05, 4.69) is 17.6 Å². The van der Waals surface area contributed by atoms with E-state index in [9.17, 15) is 4.39 Å². The lowest BCUT2D eigenvalue weighted by Crippen LogP contribution is -2.37. The second-order valence-electron chi connectivity index (χ2n) is 5.18. The minimum atomic E-state index is -0.196. The van der Waals surface area contributed by atoms with Gasteiger partial charge in [0.05, 0.1) is 6.04 Å². The molecule has 0 fully saturated rings. The number of hydrazine groups is 1. The third kappa shape index (κ3) is 2.05. The van der Waals surface area contributed by atoms with Gasteiger partial charge in [-0.15, -0.1) is 0 Å². The molecule has 2 unspecified atom stereocenters. The quantitative estimate of drug-likeness (QED) is 0.654. The fraction of sp³-hybridized carbons (Fsp3) is 0.250. The number of rotatable bonds is 3. The van der Waals surface area contributed by atoms with Crippen LogP contribution in [0.5, 0.6) is 0 Å². The molecule has 0 bridgehead atoms. The first kappa shape index (κ1) is 12.3. The van der Waals surface area contributed by atoms with Crippen molar-refractivity contribution in [3.8, 4) is 0 Å². The largest absolute Gasteiger partial charge is 0.271 e. The van der Waals surface area contributed by atoms with E-state index in [1.54, 1.807) is 6.07 Å². The van der Waals surface area contributed by atoms with Crippen molar-refractivity contribution in [3.63, 3.8) is 0 Å². The van der Waals surface area contributed by atoms with E-state index < -0.39 is 0 Å². The van der Waals surface area contributed by atoms with Crippen LogP contribution in [0.2, 0.25) is 0 Å². The Balaban J connectivity index is 1.97. The summed E-state index contributed by atoms with van der Waals surface area (Å²) in [5.74, 6) is 5.73. The van der Waals surface area contributed by atoms with Crippen molar-refractivity contribution in [2.24, 2.45) is 5.84 Å². The van der Waals surface area contributed by atoms with Gasteiger partial charge in [0.15, 0.2) is 0 Å². The van der Waals surface area contributed by atoms with Gasteiger partial charge in [0, 0.05) is 11.5 Å². The number of nitrogens with two attached hydrogens (primary N) is 1. The SMILES string of the molecule is Cc1ccc(F)c(C(NN)C2Cc3ccccc32)c1. The lowest BCUT2D eigenvalue weighted by atomic mass is 9.72. The topological polar surface area (TPSA) is 38.0 Å². The Labute approximate surface area is 112 Å². The normalized spacial score (nSPS) is 18.6. The van der Waals surface area contributed by atoms with Crippen LogP contribution in [0, 0.1) is 12.7 Å². The molecule has 0 saturated heterocycles. The van der Waals surface area contributed by atoms with E-state index in [4.69, 9.17) is 5.84 Å². The predicted molar refractivity (Wildman–Crippen MR) is 74.1 cm³/mol. The average molecular weight is 256 g/mol. The van der Waals surface area contributed by atoms with Crippen LogP contribution in [0.4, 0.5) is 4.39 Å². The smallest absolute Gasteiger partial charge is 0.128 e. The molecule has 0 radical (unpaired) electrons. The number of fused-ring (bicyclic) bond motifs is 1. The van der Waals surface area contributed by atoms with Crippen molar-refractivity contribution in [1.29, 1.82) is 0 Å². The highest BCUT2D eigenvalue weighted by molar-refractivity contribution is 5.43. The molecular weight excluding hydrogens is 239 g/mol. The molecule has 1 aliphatic rings. The fourth-order valence-electron chi connectivity index (χ4n) is 2.92. The molecule has 0 saturated carbocycles. The molecule has 2 atom stereocenters. The molecule has 3 N–H and O–H groups in total. The second kappa shape index (κ2) is 4.76. The molecule has 0 heterocycles. The highest BCUT2D eigenvalue weighted by Gasteiger charge is 2.34. The predicted octanol–water partition coefficient (Wildman–Crippen LogP) is 2.98. The number of benzene rings is 2. The Bertz CT molecular complexity index is 609. The van der Waals surface area contributed by atoms with Gasteiger partial charge in [-0.05, 0) is 30.5 Å². The Hall–Kier alpha value is -1.71. The van der Waals surface area contributed by atoms with Crippen LogP contribution in [-0.4, -0.2) is 0 Å². The van der Waals surface area contributed by atoms with Crippen LogP contribution >= 0.6 is 0 Å². The van der Waals surface area contributed by atoms with Crippen LogP contribution in [0.15, 0.2) is 42.5 Å². The highest BCUT2D eigenvalue weighted by atomic mass is 19.1. The van der Waals surface area contributed by atoms with Crippen molar-refractivity contribution in [1.82, 2.24) is 5.43 Å². The van der Waals surface area contributed by atoms with Crippen molar-refractivity contribution < 1.29 is 4.39 Å². The zero-order chi connectivity index (χ0) is 13.4. The molecule has 3 rings (SSSR count). The summed E-state index contributed by atoms with van der Waals surface area (Å²) < 4.78 is 14.0. The van der Waals surface area contributed by atoms with Crippen molar-refractivity contribution >= 4 is 0 Å². The maximum atomic E-state index is 14.0. The average Bonchev–Trinajstić information content (AvgIpc) is 2.39. The maximum Gasteiger partial charge on any atom is 0.128 e. The van der Waals surface area contributed by atoms with Crippen LogP contribution in [0.3, 0.4) is 0 Å². The van der Waals surface area contributed by atoms with E-state index in [0.717, 1.165) is 12.0 Å². The third-order valence-corrected chi connectivity index (χ3v) is 3.96. The summed E-state index contributed by atoms with van der Waals surface area (Å²) in [6.07, 6.45) is 0.943. The Morgan fingerprint density at radius 2 is 2.05 bits per heavy atom. The van der Waals surface area contributed by atoms with Crippen molar-refractivity contribution in [3.05, 3.63) is 70.5 Å². The molecule has 19 heavy (non-hydrogen) atoms. The summed E-state index contributed by atoms with van der Waals surface area (Å²) in [6.45, 7) is 1.96. The van der Waals surface area contributed by atoms with Crippen LogP contribution in [0.25, 0.3) is 0 Å². The van der Waals surface area contributed by atoms with Gasteiger partial charge in [-0.25, -0.2) is 4.39 Å². The summed E-state index contributed by atoms with van der Waals surface area (Å²) in [5.41, 5.74) is 7.09. The third-order valence-electron chi connectivity index (χ3n) is 3.96. The standard InChI is InChI=1S/C16H17FN2/c1-10-6-7-15(17)14(8-10)16(19-18)13-9-11-4-2-3-5-12(11)13/h2-8,13,16,19H,9,18H2,1H3. The molecule has 2 aromatic carbocycles. The van der Waals surface area contributed by atoms with Gasteiger partial charge in [0.1, 0.15) is 5.82 Å². The number of aryl methyl sites for hydroxylation is 1. The van der Waals surface area contributed by atoms with Crippen LogP contribution in [-0.2, 0) is 6.42 Å². The number of halogens is 1. The molecule has 0 amide bonds. The minimum absolute atomic E-state index is 0.171. The van der Waals surface area contributed by atoms with Gasteiger partial charge in [-0.1, -0.05) is 42.0 Å². The Morgan fingerprint density at radius 1 is 1.26 bits per heavy atom. The number of hydrogen-bond donors (Lipinski definition) is 2. The number of hydrogen-bond acceptors (Lipinski definition) is 2. The zero-order valence-electron chi connectivity index (χ0n) is 10.9. The Kier molecular flexibility index (Phi) is 3.09. The first-order valence-electron chi connectivity index (χ1n) is 6.50. The summed E-state index contributed by atoms with van der Waals surface area (Å²) in [7, 11) is 0. The molecule has 98 valence electrons. The lowest BCUT2D eigenvalue weighted by molar-refractivity contribution is 0.404. The summed E-state index contributed by atoms with van der Waals surface area (Å²) in [5, 5.41) is 0. The van der Waals surface area contributed by atoms with Gasteiger partial charge in [0.2, 0.25) is 0 Å². The fourth-order valence-corrected chi connectivity index (χ4v) is 2.92. The summed E-state index contributed by atoms with van der Waals surface area (Å²) in [4.78, 5) is 0. The molecule has 2 aromatic rings. The second-order valence-corrected chi connectivity index (χ2v) is 5.18. The van der Waals surface area contributed by atoms with E-state index in [-0.39, 0.29) is 17.8 Å². The molecule has 0 aliphatic heterocycles. The van der Waals surface area contributed by atoms with E-state index >= 15 is 0 Å². The minimum Gasteiger partial charge on any atom is -0.271 e. The van der Waals surface area contributed by atoms with Crippen LogP contribution in [0.1, 0.15) is 34.2 Å². The number of nitrogens with one attached hydrogen (secondary N) is 1. The molecule has 1 aliphatic carbocycles. The summed E-state index contributed by atoms with van der Waals surface area (Å²) >= 11 is 0. The van der Waals surface area contributed by atoms with E-state index in [0.29, 0.717) is 5.56 Å². The highest BCUT2D eigenvalue weighted by Crippen LogP contribution is 2.43. The van der Waals surface area contributed by atoms with Crippen LogP contribution < -0.4 is 11.3 Å². The van der Waals surface area contributed by atoms with Gasteiger partial charge >= 0.3 is 0 Å². The van der Waals surface area contributed by atoms with Crippen molar-refractivity contribution in [2.45, 2.75) is 25.3 Å².